The fourth-order valence-electron chi connectivity index (χ4n) is 2.93. The number of carbonyl (C=O) groups is 2. The Morgan fingerprint density at radius 3 is 2.48 bits per heavy atom. The molecule has 2 aromatic rings. The minimum Gasteiger partial charge on any atom is -0.326 e. The molecule has 2 amide bonds. The summed E-state index contributed by atoms with van der Waals surface area (Å²) in [5.41, 5.74) is 1.81. The molecule has 3 rings (SSSR count). The smallest absolute Gasteiger partial charge is 0.226 e. The molecule has 128 valence electrons. The van der Waals surface area contributed by atoms with Crippen molar-refractivity contribution in [3.8, 4) is 0 Å². The Kier molecular flexibility index (Phi) is 4.61. The summed E-state index contributed by atoms with van der Waals surface area (Å²) >= 11 is 0. The highest BCUT2D eigenvalue weighted by Crippen LogP contribution is 2.33. The number of anilines is 1. The van der Waals surface area contributed by atoms with Crippen LogP contribution in [0.15, 0.2) is 48.7 Å². The molecule has 0 saturated carbocycles. The first-order valence-electron chi connectivity index (χ1n) is 7.76. The van der Waals surface area contributed by atoms with Crippen LogP contribution in [0, 0.1) is 11.6 Å². The third-order valence-electron chi connectivity index (χ3n) is 3.99. The summed E-state index contributed by atoms with van der Waals surface area (Å²) in [4.78, 5) is 25.7. The van der Waals surface area contributed by atoms with Crippen LogP contribution >= 0.6 is 0 Å². The number of rotatable bonds is 3. The van der Waals surface area contributed by atoms with E-state index in [-0.39, 0.29) is 18.0 Å². The summed E-state index contributed by atoms with van der Waals surface area (Å²) in [6.45, 7) is 1.42. The molecule has 1 atom stereocenters. The van der Waals surface area contributed by atoms with Gasteiger partial charge in [-0.05, 0) is 29.3 Å². The summed E-state index contributed by atoms with van der Waals surface area (Å²) in [5.74, 6) is -2.18. The van der Waals surface area contributed by atoms with Gasteiger partial charge in [0.2, 0.25) is 11.8 Å². The molecule has 0 spiro atoms. The summed E-state index contributed by atoms with van der Waals surface area (Å²) < 4.78 is 26.5. The van der Waals surface area contributed by atoms with E-state index in [4.69, 9.17) is 0 Å². The molecule has 25 heavy (non-hydrogen) atoms. The Hall–Kier alpha value is -3.02. The van der Waals surface area contributed by atoms with Crippen LogP contribution in [0.1, 0.15) is 30.5 Å². The standard InChI is InChI=1S/C19H16F2N2O2/c1-12(24)23-7-6-13-4-2-3-5-17(13)18(23)11-19(25)22-16-9-14(20)8-15(21)10-16/h2-10,18H,11H2,1H3,(H,22,25)/t18-/m0/s1. The lowest BCUT2D eigenvalue weighted by molar-refractivity contribution is -0.129. The normalized spacial score (nSPS) is 15.6. The highest BCUT2D eigenvalue weighted by Gasteiger charge is 2.28. The molecule has 0 aliphatic carbocycles. The molecule has 1 N–H and O–H groups in total. The molecule has 6 heteroatoms. The van der Waals surface area contributed by atoms with Gasteiger partial charge in [0, 0.05) is 24.9 Å². The van der Waals surface area contributed by atoms with Crippen LogP contribution in [0.5, 0.6) is 0 Å². The second-order valence-electron chi connectivity index (χ2n) is 5.80. The quantitative estimate of drug-likeness (QED) is 0.921. The Morgan fingerprint density at radius 1 is 1.12 bits per heavy atom. The van der Waals surface area contributed by atoms with Gasteiger partial charge in [-0.15, -0.1) is 0 Å². The van der Waals surface area contributed by atoms with E-state index < -0.39 is 23.6 Å². The number of hydrogen-bond acceptors (Lipinski definition) is 2. The fraction of sp³-hybridized carbons (Fsp3) is 0.158. The maximum atomic E-state index is 13.2. The van der Waals surface area contributed by atoms with E-state index >= 15 is 0 Å². The minimum atomic E-state index is -0.772. The highest BCUT2D eigenvalue weighted by molar-refractivity contribution is 5.92. The molecule has 0 bridgehead atoms. The number of halogens is 2. The van der Waals surface area contributed by atoms with Crippen molar-refractivity contribution in [2.45, 2.75) is 19.4 Å². The van der Waals surface area contributed by atoms with Crippen molar-refractivity contribution in [2.24, 2.45) is 0 Å². The number of benzene rings is 2. The van der Waals surface area contributed by atoms with Gasteiger partial charge in [0.1, 0.15) is 11.6 Å². The number of carbonyl (C=O) groups excluding carboxylic acids is 2. The Morgan fingerprint density at radius 2 is 1.80 bits per heavy atom. The van der Waals surface area contributed by atoms with E-state index in [1.807, 2.05) is 30.3 Å². The van der Waals surface area contributed by atoms with E-state index in [1.54, 1.807) is 6.20 Å². The molecule has 0 aromatic heterocycles. The van der Waals surface area contributed by atoms with Crippen LogP contribution in [0.2, 0.25) is 0 Å². The van der Waals surface area contributed by atoms with Crippen LogP contribution in [0.25, 0.3) is 6.08 Å². The summed E-state index contributed by atoms with van der Waals surface area (Å²) in [6, 6.07) is 9.80. The van der Waals surface area contributed by atoms with Gasteiger partial charge in [-0.1, -0.05) is 24.3 Å². The van der Waals surface area contributed by atoms with Crippen LogP contribution in [-0.2, 0) is 9.59 Å². The topological polar surface area (TPSA) is 49.4 Å². The highest BCUT2D eigenvalue weighted by atomic mass is 19.1. The Bertz CT molecular complexity index is 844. The summed E-state index contributed by atoms with van der Waals surface area (Å²) in [6.07, 6.45) is 3.43. The zero-order valence-electron chi connectivity index (χ0n) is 13.5. The molecular formula is C19H16F2N2O2. The lowest BCUT2D eigenvalue weighted by Gasteiger charge is -2.32. The molecule has 0 radical (unpaired) electrons. The molecule has 0 saturated heterocycles. The van der Waals surface area contributed by atoms with Gasteiger partial charge >= 0.3 is 0 Å². The first kappa shape index (κ1) is 16.8. The maximum absolute atomic E-state index is 13.2. The van der Waals surface area contributed by atoms with Gasteiger partial charge in [-0.2, -0.15) is 0 Å². The van der Waals surface area contributed by atoms with E-state index in [9.17, 15) is 18.4 Å². The molecular weight excluding hydrogens is 326 g/mol. The number of amides is 2. The second-order valence-corrected chi connectivity index (χ2v) is 5.80. The average Bonchev–Trinajstić information content (AvgIpc) is 2.53. The minimum absolute atomic E-state index is 0.0287. The van der Waals surface area contributed by atoms with Crippen LogP contribution < -0.4 is 5.32 Å². The lowest BCUT2D eigenvalue weighted by Crippen LogP contribution is -2.33. The van der Waals surface area contributed by atoms with Crippen LogP contribution in [0.3, 0.4) is 0 Å². The summed E-state index contributed by atoms with van der Waals surface area (Å²) in [7, 11) is 0. The maximum Gasteiger partial charge on any atom is 0.226 e. The molecule has 4 nitrogen and oxygen atoms in total. The van der Waals surface area contributed by atoms with Crippen molar-refractivity contribution < 1.29 is 18.4 Å². The molecule has 1 aliphatic rings. The average molecular weight is 342 g/mol. The zero-order chi connectivity index (χ0) is 18.0. The SMILES string of the molecule is CC(=O)N1C=Cc2ccccc2[C@@H]1CC(=O)Nc1cc(F)cc(F)c1. The molecule has 1 heterocycles. The third-order valence-corrected chi connectivity index (χ3v) is 3.99. The molecule has 2 aromatic carbocycles. The Balaban J connectivity index is 1.82. The lowest BCUT2D eigenvalue weighted by atomic mass is 9.93. The van der Waals surface area contributed by atoms with E-state index in [0.29, 0.717) is 0 Å². The van der Waals surface area contributed by atoms with Gasteiger partial charge in [0.25, 0.3) is 0 Å². The number of fused-ring (bicyclic) bond motifs is 1. The monoisotopic (exact) mass is 342 g/mol. The van der Waals surface area contributed by atoms with E-state index in [1.165, 1.54) is 11.8 Å². The van der Waals surface area contributed by atoms with Crippen LogP contribution in [-0.4, -0.2) is 16.7 Å². The fourth-order valence-corrected chi connectivity index (χ4v) is 2.93. The van der Waals surface area contributed by atoms with Crippen LogP contribution in [0.4, 0.5) is 14.5 Å². The second kappa shape index (κ2) is 6.84. The van der Waals surface area contributed by atoms with Crippen molar-refractivity contribution in [3.05, 3.63) is 71.4 Å². The predicted molar refractivity (Wildman–Crippen MR) is 90.3 cm³/mol. The predicted octanol–water partition coefficient (Wildman–Crippen LogP) is 3.87. The summed E-state index contributed by atoms with van der Waals surface area (Å²) in [5, 5.41) is 2.48. The van der Waals surface area contributed by atoms with Gasteiger partial charge in [0.05, 0.1) is 12.5 Å². The van der Waals surface area contributed by atoms with Gasteiger partial charge in [-0.25, -0.2) is 8.78 Å². The number of nitrogens with zero attached hydrogens (tertiary/aromatic N) is 1. The van der Waals surface area contributed by atoms with Crippen molar-refractivity contribution in [1.82, 2.24) is 4.90 Å². The van der Waals surface area contributed by atoms with Crippen molar-refractivity contribution in [1.29, 1.82) is 0 Å². The van der Waals surface area contributed by atoms with Crippen molar-refractivity contribution in [2.75, 3.05) is 5.32 Å². The number of nitrogens with one attached hydrogen (secondary N) is 1. The third kappa shape index (κ3) is 3.74. The van der Waals surface area contributed by atoms with Gasteiger partial charge in [0.15, 0.2) is 0 Å². The van der Waals surface area contributed by atoms with E-state index in [2.05, 4.69) is 5.32 Å². The largest absolute Gasteiger partial charge is 0.326 e. The van der Waals surface area contributed by atoms with Gasteiger partial charge in [-0.3, -0.25) is 9.59 Å². The molecule has 1 aliphatic heterocycles. The first-order valence-corrected chi connectivity index (χ1v) is 7.76. The number of hydrogen-bond donors (Lipinski definition) is 1. The van der Waals surface area contributed by atoms with Crippen molar-refractivity contribution >= 4 is 23.6 Å². The Labute approximate surface area is 143 Å². The first-order chi connectivity index (χ1) is 11.9. The molecule has 0 unspecified atom stereocenters. The molecule has 0 fully saturated rings. The van der Waals surface area contributed by atoms with E-state index in [0.717, 1.165) is 29.3 Å². The van der Waals surface area contributed by atoms with Gasteiger partial charge < -0.3 is 10.2 Å². The zero-order valence-corrected chi connectivity index (χ0v) is 13.5. The van der Waals surface area contributed by atoms with Crippen molar-refractivity contribution in [3.63, 3.8) is 0 Å².